The van der Waals surface area contributed by atoms with Gasteiger partial charge in [-0.3, -0.25) is 9.69 Å². The lowest BCUT2D eigenvalue weighted by atomic mass is 10.0. The van der Waals surface area contributed by atoms with E-state index in [4.69, 9.17) is 0 Å². The number of carbonyl (C=O) groups is 1. The van der Waals surface area contributed by atoms with Crippen molar-refractivity contribution in [1.29, 1.82) is 0 Å². The standard InChI is InChI=1S/C21H25FN2O2/c22-19-10-8-17(9-11-19)16-4-6-18(7-5-16)21(26)23-12-14-24-13-2-1-3-20(24)15-25/h4-11,20,25H,1-3,12-15H2,(H,23,26). The molecule has 26 heavy (non-hydrogen) atoms. The van der Waals surface area contributed by atoms with Crippen molar-refractivity contribution in [3.63, 3.8) is 0 Å². The summed E-state index contributed by atoms with van der Waals surface area (Å²) < 4.78 is 13.0. The Labute approximate surface area is 153 Å². The first kappa shape index (κ1) is 18.5. The van der Waals surface area contributed by atoms with Crippen LogP contribution in [0.4, 0.5) is 4.39 Å². The number of carbonyl (C=O) groups excluding carboxylic acids is 1. The van der Waals surface area contributed by atoms with E-state index in [1.807, 2.05) is 12.1 Å². The van der Waals surface area contributed by atoms with E-state index in [9.17, 15) is 14.3 Å². The molecular formula is C21H25FN2O2. The molecule has 0 aromatic heterocycles. The van der Waals surface area contributed by atoms with Gasteiger partial charge in [0.2, 0.25) is 0 Å². The van der Waals surface area contributed by atoms with E-state index in [2.05, 4.69) is 10.2 Å². The van der Waals surface area contributed by atoms with Crippen molar-refractivity contribution >= 4 is 5.91 Å². The minimum absolute atomic E-state index is 0.104. The molecule has 1 amide bonds. The second-order valence-electron chi connectivity index (χ2n) is 6.71. The van der Waals surface area contributed by atoms with Gasteiger partial charge in [0.1, 0.15) is 5.82 Å². The molecule has 4 nitrogen and oxygen atoms in total. The van der Waals surface area contributed by atoms with Gasteiger partial charge in [-0.15, -0.1) is 0 Å². The fourth-order valence-electron chi connectivity index (χ4n) is 3.43. The molecule has 2 N–H and O–H groups in total. The van der Waals surface area contributed by atoms with Crippen LogP contribution >= 0.6 is 0 Å². The van der Waals surface area contributed by atoms with Crippen molar-refractivity contribution in [3.05, 3.63) is 59.9 Å². The Bertz CT molecular complexity index is 716. The second-order valence-corrected chi connectivity index (χ2v) is 6.71. The summed E-state index contributed by atoms with van der Waals surface area (Å²) in [6.07, 6.45) is 3.33. The van der Waals surface area contributed by atoms with Crippen LogP contribution in [-0.2, 0) is 0 Å². The molecule has 1 unspecified atom stereocenters. The molecule has 3 rings (SSSR count). The molecule has 1 atom stereocenters. The van der Waals surface area contributed by atoms with E-state index in [0.717, 1.165) is 43.5 Å². The third-order valence-electron chi connectivity index (χ3n) is 4.97. The number of halogens is 1. The molecule has 2 aromatic rings. The van der Waals surface area contributed by atoms with Crippen molar-refractivity contribution < 1.29 is 14.3 Å². The van der Waals surface area contributed by atoms with Crippen LogP contribution in [0.15, 0.2) is 48.5 Å². The van der Waals surface area contributed by atoms with E-state index in [1.165, 1.54) is 12.1 Å². The Morgan fingerprint density at radius 1 is 1.08 bits per heavy atom. The first-order valence-corrected chi connectivity index (χ1v) is 9.16. The van der Waals surface area contributed by atoms with Gasteiger partial charge in [0, 0.05) is 24.7 Å². The molecule has 1 heterocycles. The number of likely N-dealkylation sites (tertiary alicyclic amines) is 1. The van der Waals surface area contributed by atoms with Crippen LogP contribution in [0.1, 0.15) is 29.6 Å². The fourth-order valence-corrected chi connectivity index (χ4v) is 3.43. The number of aliphatic hydroxyl groups excluding tert-OH is 1. The Morgan fingerprint density at radius 3 is 2.38 bits per heavy atom. The molecule has 1 saturated heterocycles. The maximum atomic E-state index is 13.0. The van der Waals surface area contributed by atoms with Gasteiger partial charge in [0.05, 0.1) is 6.61 Å². The van der Waals surface area contributed by atoms with Crippen molar-refractivity contribution in [3.8, 4) is 11.1 Å². The second kappa shape index (κ2) is 8.92. The van der Waals surface area contributed by atoms with E-state index in [0.29, 0.717) is 12.1 Å². The molecule has 0 saturated carbocycles. The number of benzene rings is 2. The number of rotatable bonds is 6. The van der Waals surface area contributed by atoms with Crippen LogP contribution in [-0.4, -0.2) is 48.2 Å². The highest BCUT2D eigenvalue weighted by molar-refractivity contribution is 5.94. The predicted octanol–water partition coefficient (Wildman–Crippen LogP) is 3.07. The lowest BCUT2D eigenvalue weighted by molar-refractivity contribution is 0.0849. The number of nitrogens with zero attached hydrogens (tertiary/aromatic N) is 1. The van der Waals surface area contributed by atoms with Crippen molar-refractivity contribution in [2.75, 3.05) is 26.2 Å². The SMILES string of the molecule is O=C(NCCN1CCCCC1CO)c1ccc(-c2ccc(F)cc2)cc1. The summed E-state index contributed by atoms with van der Waals surface area (Å²) in [6.45, 7) is 2.48. The summed E-state index contributed by atoms with van der Waals surface area (Å²) in [4.78, 5) is 14.6. The predicted molar refractivity (Wildman–Crippen MR) is 100 cm³/mol. The smallest absolute Gasteiger partial charge is 0.251 e. The largest absolute Gasteiger partial charge is 0.395 e. The lowest BCUT2D eigenvalue weighted by Crippen LogP contribution is -2.45. The zero-order chi connectivity index (χ0) is 18.4. The summed E-state index contributed by atoms with van der Waals surface area (Å²) in [5.74, 6) is -0.366. The quantitative estimate of drug-likeness (QED) is 0.836. The Balaban J connectivity index is 1.52. The van der Waals surface area contributed by atoms with Gasteiger partial charge in [-0.05, 0) is 54.8 Å². The van der Waals surface area contributed by atoms with E-state index in [1.54, 1.807) is 24.3 Å². The van der Waals surface area contributed by atoms with Crippen molar-refractivity contribution in [1.82, 2.24) is 10.2 Å². The van der Waals surface area contributed by atoms with Crippen LogP contribution in [0.5, 0.6) is 0 Å². The van der Waals surface area contributed by atoms with Crippen LogP contribution in [0, 0.1) is 5.82 Å². The minimum atomic E-state index is -0.262. The first-order chi connectivity index (χ1) is 12.7. The molecule has 0 spiro atoms. The molecule has 138 valence electrons. The average molecular weight is 356 g/mol. The van der Waals surface area contributed by atoms with Crippen LogP contribution < -0.4 is 5.32 Å². The van der Waals surface area contributed by atoms with E-state index >= 15 is 0 Å². The molecule has 0 aliphatic carbocycles. The summed E-state index contributed by atoms with van der Waals surface area (Å²) in [6, 6.07) is 13.8. The zero-order valence-electron chi connectivity index (χ0n) is 14.8. The highest BCUT2D eigenvalue weighted by Gasteiger charge is 2.21. The highest BCUT2D eigenvalue weighted by Crippen LogP contribution is 2.20. The third kappa shape index (κ3) is 4.68. The van der Waals surface area contributed by atoms with E-state index < -0.39 is 0 Å². The van der Waals surface area contributed by atoms with Crippen LogP contribution in [0.25, 0.3) is 11.1 Å². The minimum Gasteiger partial charge on any atom is -0.395 e. The normalized spacial score (nSPS) is 17.8. The molecule has 1 fully saturated rings. The summed E-state index contributed by atoms with van der Waals surface area (Å²) in [7, 11) is 0. The van der Waals surface area contributed by atoms with Crippen LogP contribution in [0.2, 0.25) is 0 Å². The monoisotopic (exact) mass is 356 g/mol. The summed E-state index contributed by atoms with van der Waals surface area (Å²) in [5, 5.41) is 12.4. The van der Waals surface area contributed by atoms with Gasteiger partial charge in [-0.2, -0.15) is 0 Å². The molecule has 5 heteroatoms. The van der Waals surface area contributed by atoms with Crippen LogP contribution in [0.3, 0.4) is 0 Å². The molecule has 1 aliphatic heterocycles. The molecule has 1 aliphatic rings. The molecule has 0 radical (unpaired) electrons. The van der Waals surface area contributed by atoms with Gasteiger partial charge in [0.15, 0.2) is 0 Å². The van der Waals surface area contributed by atoms with E-state index in [-0.39, 0.29) is 24.4 Å². The van der Waals surface area contributed by atoms with Gasteiger partial charge in [0.25, 0.3) is 5.91 Å². The lowest BCUT2D eigenvalue weighted by Gasteiger charge is -2.34. The number of hydrogen-bond donors (Lipinski definition) is 2. The van der Waals surface area contributed by atoms with Gasteiger partial charge >= 0.3 is 0 Å². The number of aliphatic hydroxyl groups is 1. The van der Waals surface area contributed by atoms with Crippen molar-refractivity contribution in [2.24, 2.45) is 0 Å². The number of amides is 1. The Morgan fingerprint density at radius 2 is 1.73 bits per heavy atom. The highest BCUT2D eigenvalue weighted by atomic mass is 19.1. The number of piperidine rings is 1. The maximum Gasteiger partial charge on any atom is 0.251 e. The number of hydrogen-bond acceptors (Lipinski definition) is 3. The third-order valence-corrected chi connectivity index (χ3v) is 4.97. The molecule has 2 aromatic carbocycles. The Kier molecular flexibility index (Phi) is 6.36. The zero-order valence-corrected chi connectivity index (χ0v) is 14.8. The Hall–Kier alpha value is -2.24. The molecule has 0 bridgehead atoms. The molecular weight excluding hydrogens is 331 g/mol. The summed E-state index contributed by atoms with van der Waals surface area (Å²) in [5.41, 5.74) is 2.47. The van der Waals surface area contributed by atoms with Gasteiger partial charge in [-0.25, -0.2) is 4.39 Å². The fraction of sp³-hybridized carbons (Fsp3) is 0.381. The van der Waals surface area contributed by atoms with Gasteiger partial charge < -0.3 is 10.4 Å². The maximum absolute atomic E-state index is 13.0. The summed E-state index contributed by atoms with van der Waals surface area (Å²) >= 11 is 0. The number of nitrogens with one attached hydrogen (secondary N) is 1. The topological polar surface area (TPSA) is 52.6 Å². The average Bonchev–Trinajstić information content (AvgIpc) is 2.69. The van der Waals surface area contributed by atoms with Crippen molar-refractivity contribution in [2.45, 2.75) is 25.3 Å². The first-order valence-electron chi connectivity index (χ1n) is 9.16. The van der Waals surface area contributed by atoms with Gasteiger partial charge in [-0.1, -0.05) is 30.7 Å².